The number of sulfonamides is 1. The summed E-state index contributed by atoms with van der Waals surface area (Å²) in [6, 6.07) is 4.04. The summed E-state index contributed by atoms with van der Waals surface area (Å²) in [5.74, 6) is -0.708. The molecule has 0 saturated carbocycles. The molecule has 1 aromatic carbocycles. The normalized spacial score (nSPS) is 13.3. The highest BCUT2D eigenvalue weighted by Crippen LogP contribution is 2.17. The van der Waals surface area contributed by atoms with Crippen molar-refractivity contribution in [1.82, 2.24) is 10.0 Å². The van der Waals surface area contributed by atoms with E-state index in [0.717, 1.165) is 31.4 Å². The Kier molecular flexibility index (Phi) is 7.28. The number of nitrogens with one attached hydrogen (secondary N) is 2. The monoisotopic (exact) mass is 316 g/mol. The van der Waals surface area contributed by atoms with Crippen LogP contribution >= 0.6 is 0 Å². The van der Waals surface area contributed by atoms with E-state index in [1.54, 1.807) is 13.0 Å². The Morgan fingerprint density at radius 1 is 1.29 bits per heavy atom. The maximum atomic E-state index is 14.0. The number of halogens is 1. The van der Waals surface area contributed by atoms with Crippen molar-refractivity contribution in [2.24, 2.45) is 0 Å². The summed E-state index contributed by atoms with van der Waals surface area (Å²) >= 11 is 0. The van der Waals surface area contributed by atoms with Gasteiger partial charge in [-0.1, -0.05) is 32.8 Å². The SMILES string of the molecule is CCCCC(C)NS(=O)(=O)c1ccc(CNCC)cc1F. The third-order valence-electron chi connectivity index (χ3n) is 3.21. The minimum Gasteiger partial charge on any atom is -0.313 e. The van der Waals surface area contributed by atoms with E-state index in [4.69, 9.17) is 0 Å². The van der Waals surface area contributed by atoms with Crippen molar-refractivity contribution in [3.8, 4) is 0 Å². The van der Waals surface area contributed by atoms with E-state index in [1.165, 1.54) is 12.1 Å². The van der Waals surface area contributed by atoms with Crippen LogP contribution in [0.25, 0.3) is 0 Å². The molecule has 0 saturated heterocycles. The summed E-state index contributed by atoms with van der Waals surface area (Å²) in [5.41, 5.74) is 0.729. The molecule has 1 unspecified atom stereocenters. The van der Waals surface area contributed by atoms with Gasteiger partial charge in [0.15, 0.2) is 0 Å². The second-order valence-electron chi connectivity index (χ2n) is 5.21. The average molecular weight is 316 g/mol. The Morgan fingerprint density at radius 3 is 2.57 bits per heavy atom. The highest BCUT2D eigenvalue weighted by atomic mass is 32.2. The molecule has 1 aromatic rings. The zero-order valence-corrected chi connectivity index (χ0v) is 13.8. The Labute approximate surface area is 127 Å². The maximum Gasteiger partial charge on any atom is 0.243 e. The molecule has 6 heteroatoms. The molecule has 0 radical (unpaired) electrons. The standard InChI is InChI=1S/C15H25FN2O2S/c1-4-6-7-12(3)18-21(19,20)15-9-8-13(10-14(15)16)11-17-5-2/h8-10,12,17-18H,4-7,11H2,1-3H3. The molecule has 0 aromatic heterocycles. The first-order chi connectivity index (χ1) is 9.90. The molecule has 21 heavy (non-hydrogen) atoms. The van der Waals surface area contributed by atoms with Gasteiger partial charge in [-0.15, -0.1) is 0 Å². The molecule has 0 bridgehead atoms. The van der Waals surface area contributed by atoms with Crippen LogP contribution in [0.4, 0.5) is 4.39 Å². The number of rotatable bonds is 9. The van der Waals surface area contributed by atoms with Crippen molar-refractivity contribution in [3.63, 3.8) is 0 Å². The van der Waals surface area contributed by atoms with Crippen molar-refractivity contribution in [2.45, 2.75) is 57.5 Å². The van der Waals surface area contributed by atoms with E-state index in [9.17, 15) is 12.8 Å². The fourth-order valence-electron chi connectivity index (χ4n) is 2.04. The zero-order chi connectivity index (χ0) is 15.9. The van der Waals surface area contributed by atoms with Crippen molar-refractivity contribution in [1.29, 1.82) is 0 Å². The molecule has 0 aliphatic carbocycles. The van der Waals surface area contributed by atoms with Crippen LogP contribution in [-0.4, -0.2) is 21.0 Å². The van der Waals surface area contributed by atoms with Crippen molar-refractivity contribution < 1.29 is 12.8 Å². The minimum absolute atomic E-state index is 0.198. The summed E-state index contributed by atoms with van der Waals surface area (Å²) in [4.78, 5) is -0.286. The quantitative estimate of drug-likeness (QED) is 0.736. The van der Waals surface area contributed by atoms with Crippen LogP contribution in [0.15, 0.2) is 23.1 Å². The second kappa shape index (κ2) is 8.46. The summed E-state index contributed by atoms with van der Waals surface area (Å²) < 4.78 is 40.9. The fourth-order valence-corrected chi connectivity index (χ4v) is 3.38. The van der Waals surface area contributed by atoms with E-state index in [1.807, 2.05) is 13.8 Å². The minimum atomic E-state index is -3.80. The topological polar surface area (TPSA) is 58.2 Å². The molecule has 2 N–H and O–H groups in total. The van der Waals surface area contributed by atoms with Crippen LogP contribution in [0, 0.1) is 5.82 Å². The highest BCUT2D eigenvalue weighted by Gasteiger charge is 2.21. The lowest BCUT2D eigenvalue weighted by Gasteiger charge is -2.14. The van der Waals surface area contributed by atoms with Crippen LogP contribution in [-0.2, 0) is 16.6 Å². The van der Waals surface area contributed by atoms with E-state index in [0.29, 0.717) is 6.54 Å². The molecule has 1 atom stereocenters. The Morgan fingerprint density at radius 2 is 2.00 bits per heavy atom. The Bertz CT molecular complexity index is 547. The van der Waals surface area contributed by atoms with Crippen molar-refractivity contribution in [2.75, 3.05) is 6.54 Å². The van der Waals surface area contributed by atoms with E-state index in [-0.39, 0.29) is 10.9 Å². The number of unbranched alkanes of at least 4 members (excludes halogenated alkanes) is 1. The number of hydrogen-bond acceptors (Lipinski definition) is 3. The van der Waals surface area contributed by atoms with E-state index < -0.39 is 15.8 Å². The highest BCUT2D eigenvalue weighted by molar-refractivity contribution is 7.89. The van der Waals surface area contributed by atoms with Crippen molar-refractivity contribution in [3.05, 3.63) is 29.6 Å². The molecular formula is C15H25FN2O2S. The van der Waals surface area contributed by atoms with Gasteiger partial charge in [-0.05, 0) is 37.6 Å². The first-order valence-corrected chi connectivity index (χ1v) is 8.90. The summed E-state index contributed by atoms with van der Waals surface area (Å²) in [6.45, 7) is 7.09. The largest absolute Gasteiger partial charge is 0.313 e. The molecule has 0 heterocycles. The summed E-state index contributed by atoms with van der Waals surface area (Å²) in [6.07, 6.45) is 2.68. The van der Waals surface area contributed by atoms with Crippen LogP contribution in [0.5, 0.6) is 0 Å². The molecular weight excluding hydrogens is 291 g/mol. The van der Waals surface area contributed by atoms with Crippen molar-refractivity contribution >= 4 is 10.0 Å². The van der Waals surface area contributed by atoms with Gasteiger partial charge >= 0.3 is 0 Å². The van der Waals surface area contributed by atoms with Crippen LogP contribution in [0.3, 0.4) is 0 Å². The summed E-state index contributed by atoms with van der Waals surface area (Å²) in [5, 5.41) is 3.07. The van der Waals surface area contributed by atoms with Gasteiger partial charge < -0.3 is 5.32 Å². The third-order valence-corrected chi connectivity index (χ3v) is 4.83. The molecule has 4 nitrogen and oxygen atoms in total. The lowest BCUT2D eigenvalue weighted by Crippen LogP contribution is -2.33. The van der Waals surface area contributed by atoms with Gasteiger partial charge in [-0.3, -0.25) is 0 Å². The van der Waals surface area contributed by atoms with Gasteiger partial charge in [0.1, 0.15) is 10.7 Å². The van der Waals surface area contributed by atoms with Gasteiger partial charge in [0.05, 0.1) is 0 Å². The smallest absolute Gasteiger partial charge is 0.243 e. The van der Waals surface area contributed by atoms with Crippen LogP contribution in [0.2, 0.25) is 0 Å². The molecule has 0 spiro atoms. The zero-order valence-electron chi connectivity index (χ0n) is 12.9. The molecule has 0 aliphatic rings. The lowest BCUT2D eigenvalue weighted by atomic mass is 10.2. The van der Waals surface area contributed by atoms with Gasteiger partial charge in [0.2, 0.25) is 10.0 Å². The predicted octanol–water partition coefficient (Wildman–Crippen LogP) is 2.79. The van der Waals surface area contributed by atoms with Crippen LogP contribution in [0.1, 0.15) is 45.6 Å². The Hall–Kier alpha value is -0.980. The maximum absolute atomic E-state index is 14.0. The van der Waals surface area contributed by atoms with Gasteiger partial charge in [0, 0.05) is 12.6 Å². The molecule has 120 valence electrons. The molecule has 0 amide bonds. The first kappa shape index (κ1) is 18.1. The molecule has 0 fully saturated rings. The van der Waals surface area contributed by atoms with Crippen LogP contribution < -0.4 is 10.0 Å². The Balaban J connectivity index is 2.83. The van der Waals surface area contributed by atoms with Gasteiger partial charge in [0.25, 0.3) is 0 Å². The van der Waals surface area contributed by atoms with Gasteiger partial charge in [-0.25, -0.2) is 17.5 Å². The average Bonchev–Trinajstić information content (AvgIpc) is 2.42. The number of benzene rings is 1. The molecule has 0 aliphatic heterocycles. The molecule has 1 rings (SSSR count). The first-order valence-electron chi connectivity index (χ1n) is 7.42. The number of hydrogen-bond donors (Lipinski definition) is 2. The second-order valence-corrected chi connectivity index (χ2v) is 6.89. The lowest BCUT2D eigenvalue weighted by molar-refractivity contribution is 0.523. The predicted molar refractivity (Wildman–Crippen MR) is 83.1 cm³/mol. The van der Waals surface area contributed by atoms with E-state index >= 15 is 0 Å². The van der Waals surface area contributed by atoms with Gasteiger partial charge in [-0.2, -0.15) is 0 Å². The fraction of sp³-hybridized carbons (Fsp3) is 0.600. The van der Waals surface area contributed by atoms with E-state index in [2.05, 4.69) is 10.0 Å². The third kappa shape index (κ3) is 5.73. The summed E-state index contributed by atoms with van der Waals surface area (Å²) in [7, 11) is -3.80.